The number of aliphatic imine (C=N–C) groups is 1. The number of hydrogen-bond acceptors (Lipinski definition) is 4. The third-order valence-electron chi connectivity index (χ3n) is 5.07. The maximum absolute atomic E-state index is 5.83. The molecule has 2 N–H and O–H groups in total. The smallest absolute Gasteiger partial charge is 0.191 e. The molecule has 25 heavy (non-hydrogen) atoms. The summed E-state index contributed by atoms with van der Waals surface area (Å²) in [6, 6.07) is 4.28. The van der Waals surface area contributed by atoms with Crippen molar-refractivity contribution < 1.29 is 9.15 Å². The lowest BCUT2D eigenvalue weighted by molar-refractivity contribution is 0.0242. The summed E-state index contributed by atoms with van der Waals surface area (Å²) < 4.78 is 11.5. The van der Waals surface area contributed by atoms with E-state index in [1.807, 2.05) is 13.1 Å². The number of ether oxygens (including phenoxy) is 1. The number of nitrogens with one attached hydrogen (secondary N) is 2. The van der Waals surface area contributed by atoms with Crippen LogP contribution >= 0.6 is 24.0 Å². The van der Waals surface area contributed by atoms with Gasteiger partial charge in [-0.1, -0.05) is 0 Å². The van der Waals surface area contributed by atoms with Crippen LogP contribution in [0.1, 0.15) is 44.4 Å². The SMILES string of the molecule is CN=C(NCC(c1ccco1)N1CCCC1)NCC1(C)CCCO1.I. The van der Waals surface area contributed by atoms with E-state index in [9.17, 15) is 0 Å². The minimum Gasteiger partial charge on any atom is -0.468 e. The van der Waals surface area contributed by atoms with Gasteiger partial charge in [-0.15, -0.1) is 24.0 Å². The Morgan fingerprint density at radius 2 is 2.12 bits per heavy atom. The van der Waals surface area contributed by atoms with Gasteiger partial charge in [0.1, 0.15) is 5.76 Å². The maximum atomic E-state index is 5.83. The molecule has 0 radical (unpaired) electrons. The standard InChI is InChI=1S/C18H30N4O2.HI/c1-18(8-6-12-24-18)14-21-17(19-2)20-13-15(16-7-5-11-23-16)22-9-3-4-10-22;/h5,7,11,15H,3-4,6,8-10,12-14H2,1-2H3,(H2,19,20,21);1H. The van der Waals surface area contributed by atoms with Crippen molar-refractivity contribution in [2.24, 2.45) is 4.99 Å². The lowest BCUT2D eigenvalue weighted by Crippen LogP contribution is -2.47. The monoisotopic (exact) mass is 462 g/mol. The molecule has 3 heterocycles. The second-order valence-electron chi connectivity index (χ2n) is 6.98. The Balaban J connectivity index is 0.00000225. The number of guanidine groups is 1. The van der Waals surface area contributed by atoms with Crippen molar-refractivity contribution in [1.29, 1.82) is 0 Å². The second kappa shape index (κ2) is 9.78. The number of halogens is 1. The fourth-order valence-electron chi connectivity index (χ4n) is 3.60. The molecule has 2 fully saturated rings. The molecule has 0 amide bonds. The molecule has 6 nitrogen and oxygen atoms in total. The van der Waals surface area contributed by atoms with Crippen molar-refractivity contribution in [2.75, 3.05) is 39.8 Å². The fourth-order valence-corrected chi connectivity index (χ4v) is 3.60. The summed E-state index contributed by atoms with van der Waals surface area (Å²) >= 11 is 0. The molecule has 0 aliphatic carbocycles. The Bertz CT molecular complexity index is 523. The zero-order chi connectivity index (χ0) is 16.8. The molecular formula is C18H31IN4O2. The highest BCUT2D eigenvalue weighted by Gasteiger charge is 2.30. The quantitative estimate of drug-likeness (QED) is 0.387. The van der Waals surface area contributed by atoms with E-state index >= 15 is 0 Å². The van der Waals surface area contributed by atoms with Gasteiger partial charge in [-0.25, -0.2) is 0 Å². The van der Waals surface area contributed by atoms with Crippen molar-refractivity contribution in [1.82, 2.24) is 15.5 Å². The van der Waals surface area contributed by atoms with E-state index in [1.165, 1.54) is 12.8 Å². The van der Waals surface area contributed by atoms with Gasteiger partial charge in [-0.2, -0.15) is 0 Å². The van der Waals surface area contributed by atoms with E-state index in [2.05, 4.69) is 33.5 Å². The van der Waals surface area contributed by atoms with E-state index < -0.39 is 0 Å². The Labute approximate surface area is 167 Å². The minimum absolute atomic E-state index is 0. The fraction of sp³-hybridized carbons (Fsp3) is 0.722. The summed E-state index contributed by atoms with van der Waals surface area (Å²) in [6.45, 7) is 6.85. The molecule has 2 aliphatic rings. The van der Waals surface area contributed by atoms with E-state index in [-0.39, 0.29) is 35.6 Å². The first-order valence-corrected chi connectivity index (χ1v) is 9.06. The highest BCUT2D eigenvalue weighted by atomic mass is 127. The molecule has 2 unspecified atom stereocenters. The van der Waals surface area contributed by atoms with Gasteiger partial charge in [0, 0.05) is 26.7 Å². The molecule has 3 rings (SSSR count). The summed E-state index contributed by atoms with van der Waals surface area (Å²) in [7, 11) is 1.81. The predicted octanol–water partition coefficient (Wildman–Crippen LogP) is 2.77. The molecule has 0 spiro atoms. The van der Waals surface area contributed by atoms with E-state index in [1.54, 1.807) is 6.26 Å². The predicted molar refractivity (Wildman–Crippen MR) is 111 cm³/mol. The van der Waals surface area contributed by atoms with Gasteiger partial charge in [0.25, 0.3) is 0 Å². The number of likely N-dealkylation sites (tertiary alicyclic amines) is 1. The number of hydrogen-bond donors (Lipinski definition) is 2. The Morgan fingerprint density at radius 3 is 2.72 bits per heavy atom. The van der Waals surface area contributed by atoms with E-state index in [4.69, 9.17) is 9.15 Å². The lowest BCUT2D eigenvalue weighted by Gasteiger charge is -2.28. The first-order chi connectivity index (χ1) is 11.7. The number of rotatable bonds is 6. The van der Waals surface area contributed by atoms with Crippen molar-refractivity contribution >= 4 is 29.9 Å². The summed E-state index contributed by atoms with van der Waals surface area (Å²) in [5, 5.41) is 6.87. The summed E-state index contributed by atoms with van der Waals surface area (Å²) in [5.74, 6) is 1.84. The Kier molecular flexibility index (Phi) is 8.02. The molecular weight excluding hydrogens is 431 g/mol. The number of nitrogens with zero attached hydrogens (tertiary/aromatic N) is 2. The van der Waals surface area contributed by atoms with Crippen LogP contribution < -0.4 is 10.6 Å². The molecule has 0 aromatic carbocycles. The van der Waals surface area contributed by atoms with Crippen molar-refractivity contribution in [3.63, 3.8) is 0 Å². The zero-order valence-electron chi connectivity index (χ0n) is 15.3. The van der Waals surface area contributed by atoms with Gasteiger partial charge >= 0.3 is 0 Å². The van der Waals surface area contributed by atoms with Gasteiger partial charge in [-0.3, -0.25) is 9.89 Å². The van der Waals surface area contributed by atoms with Crippen molar-refractivity contribution in [3.05, 3.63) is 24.2 Å². The third-order valence-corrected chi connectivity index (χ3v) is 5.07. The van der Waals surface area contributed by atoms with Crippen LogP contribution in [0.25, 0.3) is 0 Å². The average Bonchev–Trinajstić information content (AvgIpc) is 3.33. The molecule has 1 aromatic heterocycles. The largest absolute Gasteiger partial charge is 0.468 e. The van der Waals surface area contributed by atoms with Crippen LogP contribution in [-0.2, 0) is 4.74 Å². The van der Waals surface area contributed by atoms with Gasteiger partial charge in [-0.05, 0) is 57.8 Å². The van der Waals surface area contributed by atoms with Crippen LogP contribution in [0.2, 0.25) is 0 Å². The molecule has 2 aliphatic heterocycles. The van der Waals surface area contributed by atoms with E-state index in [0.717, 1.165) is 57.3 Å². The molecule has 142 valence electrons. The average molecular weight is 462 g/mol. The van der Waals surface area contributed by atoms with Gasteiger partial charge in [0.05, 0.1) is 17.9 Å². The Hall–Kier alpha value is -0.800. The van der Waals surface area contributed by atoms with Crippen molar-refractivity contribution in [2.45, 2.75) is 44.2 Å². The molecule has 7 heteroatoms. The molecule has 0 saturated carbocycles. The summed E-state index contributed by atoms with van der Waals surface area (Å²) in [4.78, 5) is 6.84. The lowest BCUT2D eigenvalue weighted by atomic mass is 10.0. The zero-order valence-corrected chi connectivity index (χ0v) is 17.6. The van der Waals surface area contributed by atoms with Crippen LogP contribution in [0, 0.1) is 0 Å². The van der Waals surface area contributed by atoms with Crippen LogP contribution in [0.3, 0.4) is 0 Å². The maximum Gasteiger partial charge on any atom is 0.191 e. The molecule has 2 atom stereocenters. The van der Waals surface area contributed by atoms with Crippen molar-refractivity contribution in [3.8, 4) is 0 Å². The van der Waals surface area contributed by atoms with Crippen LogP contribution in [-0.4, -0.2) is 56.3 Å². The summed E-state index contributed by atoms with van der Waals surface area (Å²) in [5.41, 5.74) is -0.0764. The normalized spacial score (nSPS) is 25.6. The van der Waals surface area contributed by atoms with E-state index in [0.29, 0.717) is 0 Å². The minimum atomic E-state index is -0.0764. The van der Waals surface area contributed by atoms with Crippen LogP contribution in [0.5, 0.6) is 0 Å². The summed E-state index contributed by atoms with van der Waals surface area (Å²) in [6.07, 6.45) is 6.52. The highest BCUT2D eigenvalue weighted by molar-refractivity contribution is 14.0. The van der Waals surface area contributed by atoms with Gasteiger partial charge in [0.2, 0.25) is 0 Å². The van der Waals surface area contributed by atoms with Crippen LogP contribution in [0.4, 0.5) is 0 Å². The first kappa shape index (κ1) is 20.5. The van der Waals surface area contributed by atoms with Gasteiger partial charge < -0.3 is 19.8 Å². The highest BCUT2D eigenvalue weighted by Crippen LogP contribution is 2.25. The molecule has 2 saturated heterocycles. The molecule has 1 aromatic rings. The topological polar surface area (TPSA) is 62.0 Å². The third kappa shape index (κ3) is 5.59. The number of furan rings is 1. The van der Waals surface area contributed by atoms with Crippen LogP contribution in [0.15, 0.2) is 27.8 Å². The second-order valence-corrected chi connectivity index (χ2v) is 6.98. The first-order valence-electron chi connectivity index (χ1n) is 9.06. The molecule has 0 bridgehead atoms. The Morgan fingerprint density at radius 1 is 1.32 bits per heavy atom. The van der Waals surface area contributed by atoms with Gasteiger partial charge in [0.15, 0.2) is 5.96 Å².